The predicted molar refractivity (Wildman–Crippen MR) is 80.4 cm³/mol. The van der Waals surface area contributed by atoms with Gasteiger partial charge >= 0.3 is 5.97 Å². The first kappa shape index (κ1) is 15.7. The number of hydrogen-bond acceptors (Lipinski definition) is 5. The number of imide groups is 1. The predicted octanol–water partition coefficient (Wildman–Crippen LogP) is 2.34. The average molecular weight is 317 g/mol. The highest BCUT2D eigenvalue weighted by Crippen LogP contribution is 2.45. The summed E-state index contributed by atoms with van der Waals surface area (Å²) in [4.78, 5) is 42.2. The van der Waals surface area contributed by atoms with Crippen LogP contribution >= 0.6 is 0 Å². The van der Waals surface area contributed by atoms with Gasteiger partial charge in [-0.15, -0.1) is 0 Å². The van der Waals surface area contributed by atoms with E-state index in [1.807, 2.05) is 6.92 Å². The van der Waals surface area contributed by atoms with Gasteiger partial charge < -0.3 is 9.57 Å². The number of hydrogen-bond donors (Lipinski definition) is 0. The van der Waals surface area contributed by atoms with Crippen molar-refractivity contribution in [2.24, 2.45) is 5.41 Å². The molecule has 1 aromatic rings. The molecule has 0 radical (unpaired) electrons. The zero-order chi connectivity index (χ0) is 16.4. The van der Waals surface area contributed by atoms with Gasteiger partial charge in [0.15, 0.2) is 0 Å². The Morgan fingerprint density at radius 3 is 2.26 bits per heavy atom. The molecular weight excluding hydrogens is 298 g/mol. The Morgan fingerprint density at radius 1 is 1.17 bits per heavy atom. The Hall–Kier alpha value is -2.21. The van der Waals surface area contributed by atoms with Crippen molar-refractivity contribution < 1.29 is 24.0 Å². The summed E-state index contributed by atoms with van der Waals surface area (Å²) in [5.74, 6) is -1.69. The average Bonchev–Trinajstić information content (AvgIpc) is 2.75. The molecule has 1 aliphatic heterocycles. The van der Waals surface area contributed by atoms with Gasteiger partial charge in [-0.05, 0) is 38.3 Å². The number of hydroxylamine groups is 2. The number of rotatable bonds is 6. The topological polar surface area (TPSA) is 72.9 Å². The van der Waals surface area contributed by atoms with Crippen molar-refractivity contribution in [1.82, 2.24) is 5.06 Å². The highest BCUT2D eigenvalue weighted by atomic mass is 16.7. The number of benzene rings is 1. The summed E-state index contributed by atoms with van der Waals surface area (Å²) in [5.41, 5.74) is -0.102. The lowest BCUT2D eigenvalue weighted by Crippen LogP contribution is -2.45. The van der Waals surface area contributed by atoms with Gasteiger partial charge in [-0.2, -0.15) is 0 Å². The van der Waals surface area contributed by atoms with Crippen molar-refractivity contribution in [2.75, 3.05) is 13.2 Å². The fourth-order valence-electron chi connectivity index (χ4n) is 3.00. The van der Waals surface area contributed by atoms with Crippen molar-refractivity contribution in [3.05, 3.63) is 35.4 Å². The van der Waals surface area contributed by atoms with Crippen LogP contribution in [0, 0.1) is 5.41 Å². The number of amides is 2. The second kappa shape index (κ2) is 6.12. The molecule has 0 bridgehead atoms. The summed E-state index contributed by atoms with van der Waals surface area (Å²) < 4.78 is 5.32. The molecule has 1 aromatic carbocycles. The maximum absolute atomic E-state index is 12.5. The van der Waals surface area contributed by atoms with Crippen LogP contribution < -0.4 is 0 Å². The minimum Gasteiger partial charge on any atom is -0.382 e. The quantitative estimate of drug-likeness (QED) is 0.595. The minimum atomic E-state index is -0.634. The summed E-state index contributed by atoms with van der Waals surface area (Å²) in [6, 6.07) is 6.45. The highest BCUT2D eigenvalue weighted by Gasteiger charge is 2.48. The molecule has 1 fully saturated rings. The van der Waals surface area contributed by atoms with Gasteiger partial charge in [0, 0.05) is 13.2 Å². The maximum Gasteiger partial charge on any atom is 0.339 e. The molecule has 1 heterocycles. The normalized spacial score (nSPS) is 18.6. The molecule has 23 heavy (non-hydrogen) atoms. The van der Waals surface area contributed by atoms with Crippen LogP contribution in [-0.2, 0) is 14.4 Å². The van der Waals surface area contributed by atoms with Crippen LogP contribution in [0.25, 0.3) is 0 Å². The molecule has 0 aromatic heterocycles. The maximum atomic E-state index is 12.5. The van der Waals surface area contributed by atoms with Crippen LogP contribution in [0.15, 0.2) is 24.3 Å². The van der Waals surface area contributed by atoms with Gasteiger partial charge in [-0.3, -0.25) is 9.59 Å². The van der Waals surface area contributed by atoms with Crippen molar-refractivity contribution in [2.45, 2.75) is 32.6 Å². The molecule has 122 valence electrons. The first-order chi connectivity index (χ1) is 11.1. The lowest BCUT2D eigenvalue weighted by atomic mass is 9.67. The number of fused-ring (bicyclic) bond motifs is 1. The Morgan fingerprint density at radius 2 is 1.78 bits per heavy atom. The van der Waals surface area contributed by atoms with Gasteiger partial charge in [0.1, 0.15) is 0 Å². The molecule has 1 aliphatic carbocycles. The van der Waals surface area contributed by atoms with Crippen molar-refractivity contribution in [3.63, 3.8) is 0 Å². The van der Waals surface area contributed by atoms with E-state index in [0.717, 1.165) is 6.42 Å². The number of nitrogens with zero attached hydrogens (tertiary/aromatic N) is 1. The Kier molecular flexibility index (Phi) is 4.17. The van der Waals surface area contributed by atoms with E-state index < -0.39 is 23.2 Å². The second-order valence-electron chi connectivity index (χ2n) is 5.91. The molecule has 3 rings (SSSR count). The third-order valence-corrected chi connectivity index (χ3v) is 4.60. The Balaban J connectivity index is 1.71. The largest absolute Gasteiger partial charge is 0.382 e. The zero-order valence-corrected chi connectivity index (χ0v) is 13.0. The smallest absolute Gasteiger partial charge is 0.339 e. The molecule has 6 heteroatoms. The van der Waals surface area contributed by atoms with E-state index in [2.05, 4.69) is 0 Å². The third kappa shape index (κ3) is 2.63. The summed E-state index contributed by atoms with van der Waals surface area (Å²) in [6.07, 6.45) is 2.87. The summed E-state index contributed by atoms with van der Waals surface area (Å²) in [6.45, 7) is 2.95. The van der Waals surface area contributed by atoms with Crippen LogP contribution in [-0.4, -0.2) is 36.1 Å². The van der Waals surface area contributed by atoms with E-state index in [0.29, 0.717) is 37.5 Å². The Labute approximate surface area is 134 Å². The van der Waals surface area contributed by atoms with Crippen molar-refractivity contribution in [3.8, 4) is 0 Å². The molecule has 1 saturated carbocycles. The fourth-order valence-corrected chi connectivity index (χ4v) is 3.00. The lowest BCUT2D eigenvalue weighted by molar-refractivity contribution is -0.188. The highest BCUT2D eigenvalue weighted by molar-refractivity contribution is 6.20. The van der Waals surface area contributed by atoms with Crippen LogP contribution in [0.2, 0.25) is 0 Å². The molecule has 0 N–H and O–H groups in total. The molecule has 0 atom stereocenters. The summed E-state index contributed by atoms with van der Waals surface area (Å²) >= 11 is 0. The zero-order valence-electron chi connectivity index (χ0n) is 13.0. The van der Waals surface area contributed by atoms with E-state index >= 15 is 0 Å². The van der Waals surface area contributed by atoms with Crippen LogP contribution in [0.3, 0.4) is 0 Å². The van der Waals surface area contributed by atoms with Gasteiger partial charge in [-0.25, -0.2) is 4.79 Å². The molecule has 0 spiro atoms. The van der Waals surface area contributed by atoms with Gasteiger partial charge in [0.05, 0.1) is 16.5 Å². The first-order valence-corrected chi connectivity index (χ1v) is 7.87. The van der Waals surface area contributed by atoms with Gasteiger partial charge in [-0.1, -0.05) is 23.6 Å². The van der Waals surface area contributed by atoms with Crippen molar-refractivity contribution in [1.29, 1.82) is 0 Å². The number of carbonyl (C=O) groups is 3. The standard InChI is InChI=1S/C17H19NO5/c1-2-22-11-10-17(8-5-9-17)16(21)23-18-14(19)12-6-3-4-7-13(12)15(18)20/h3-4,6-7H,2,5,8-11H2,1H3. The van der Waals surface area contributed by atoms with Crippen LogP contribution in [0.4, 0.5) is 0 Å². The molecule has 0 unspecified atom stereocenters. The molecular formula is C17H19NO5. The van der Waals surface area contributed by atoms with Crippen LogP contribution in [0.5, 0.6) is 0 Å². The van der Waals surface area contributed by atoms with E-state index in [1.54, 1.807) is 24.3 Å². The first-order valence-electron chi connectivity index (χ1n) is 7.87. The Bertz CT molecular complexity index is 615. The second-order valence-corrected chi connectivity index (χ2v) is 5.91. The summed E-state index contributed by atoms with van der Waals surface area (Å²) in [7, 11) is 0. The molecule has 2 amide bonds. The monoisotopic (exact) mass is 317 g/mol. The van der Waals surface area contributed by atoms with Gasteiger partial charge in [0.2, 0.25) is 0 Å². The summed E-state index contributed by atoms with van der Waals surface area (Å²) in [5, 5.41) is 0.591. The third-order valence-electron chi connectivity index (χ3n) is 4.60. The fraction of sp³-hybridized carbons (Fsp3) is 0.471. The minimum absolute atomic E-state index is 0.266. The SMILES string of the molecule is CCOCCC1(C(=O)ON2C(=O)c3ccccc3C2=O)CCC1. The van der Waals surface area contributed by atoms with Crippen LogP contribution in [0.1, 0.15) is 53.3 Å². The van der Waals surface area contributed by atoms with E-state index in [9.17, 15) is 14.4 Å². The lowest BCUT2D eigenvalue weighted by Gasteiger charge is -2.39. The van der Waals surface area contributed by atoms with E-state index in [4.69, 9.17) is 9.57 Å². The molecule has 0 saturated heterocycles. The molecule has 6 nitrogen and oxygen atoms in total. The van der Waals surface area contributed by atoms with Gasteiger partial charge in [0.25, 0.3) is 11.8 Å². The number of carbonyl (C=O) groups excluding carboxylic acids is 3. The van der Waals surface area contributed by atoms with Crippen molar-refractivity contribution >= 4 is 17.8 Å². The van der Waals surface area contributed by atoms with E-state index in [1.165, 1.54) is 0 Å². The number of ether oxygens (including phenoxy) is 1. The molecule has 2 aliphatic rings. The van der Waals surface area contributed by atoms with E-state index in [-0.39, 0.29) is 11.1 Å².